The van der Waals surface area contributed by atoms with Crippen LogP contribution in [0, 0.1) is 5.82 Å². The van der Waals surface area contributed by atoms with Crippen LogP contribution in [0.1, 0.15) is 51.3 Å². The molecule has 4 aromatic carbocycles. The van der Waals surface area contributed by atoms with Crippen LogP contribution in [-0.2, 0) is 46.6 Å². The maximum absolute atomic E-state index is 15.7. The summed E-state index contributed by atoms with van der Waals surface area (Å²) < 4.78 is 70.8. The highest BCUT2D eigenvalue weighted by atomic mass is 19.4. The fourth-order valence-corrected chi connectivity index (χ4v) is 5.38. The number of rotatable bonds is 13. The van der Waals surface area contributed by atoms with Crippen LogP contribution in [0.2, 0.25) is 0 Å². The summed E-state index contributed by atoms with van der Waals surface area (Å²) >= 11 is 0. The van der Waals surface area contributed by atoms with Gasteiger partial charge in [0.1, 0.15) is 12.4 Å². The summed E-state index contributed by atoms with van der Waals surface area (Å²) in [6, 6.07) is 19.9. The molecular weight excluding hydrogens is 700 g/mol. The standard InChI is InChI=1S/C39H36F4N2O8/c1-5-51-36(49)38(37(50)52-6-2,26-12-8-7-9-13-26)23-53-33(46)21-25-20-30(35(48)45(3)4)32(22-31(25)40)44-34(47)29-15-11-10-14-28(29)24-16-18-27(19-17-24)39(41,42)43/h7-20,22H,5-6,21,23H2,1-4H3,(H,44,47). The number of hydrogen-bond acceptors (Lipinski definition) is 8. The molecule has 0 saturated carbocycles. The number of anilines is 1. The van der Waals surface area contributed by atoms with Gasteiger partial charge in [0.15, 0.2) is 0 Å². The second-order valence-electron chi connectivity index (χ2n) is 11.8. The van der Waals surface area contributed by atoms with Crippen LogP contribution in [0.5, 0.6) is 0 Å². The van der Waals surface area contributed by atoms with Crippen LogP contribution in [0.25, 0.3) is 11.1 Å². The van der Waals surface area contributed by atoms with Crippen LogP contribution in [0.15, 0.2) is 91.0 Å². The number of halogens is 4. The van der Waals surface area contributed by atoms with Crippen LogP contribution in [0.4, 0.5) is 23.2 Å². The lowest BCUT2D eigenvalue weighted by molar-refractivity contribution is -0.170. The van der Waals surface area contributed by atoms with Crippen molar-refractivity contribution in [3.63, 3.8) is 0 Å². The summed E-state index contributed by atoms with van der Waals surface area (Å²) in [5, 5.41) is 2.52. The van der Waals surface area contributed by atoms with Gasteiger partial charge in [-0.1, -0.05) is 60.7 Å². The SMILES string of the molecule is CCOC(=O)C(COC(=O)Cc1cc(C(=O)N(C)C)c(NC(=O)c2ccccc2-c2ccc(C(F)(F)F)cc2)cc1F)(C(=O)OCC)c1ccccc1. The molecule has 1 N–H and O–H groups in total. The quantitative estimate of drug-likeness (QED) is 0.0703. The first kappa shape index (κ1) is 39.7. The number of esters is 3. The average molecular weight is 737 g/mol. The molecule has 0 aliphatic heterocycles. The first-order valence-electron chi connectivity index (χ1n) is 16.3. The summed E-state index contributed by atoms with van der Waals surface area (Å²) in [5.41, 5.74) is -3.09. The van der Waals surface area contributed by atoms with Gasteiger partial charge < -0.3 is 24.4 Å². The molecule has 278 valence electrons. The average Bonchev–Trinajstić information content (AvgIpc) is 3.13. The Hall–Kier alpha value is -6.05. The van der Waals surface area contributed by atoms with E-state index >= 15 is 4.39 Å². The number of nitrogens with one attached hydrogen (secondary N) is 1. The van der Waals surface area contributed by atoms with E-state index in [1.54, 1.807) is 24.3 Å². The van der Waals surface area contributed by atoms with Gasteiger partial charge in [0.05, 0.1) is 36.4 Å². The molecule has 0 aliphatic rings. The molecule has 0 bridgehead atoms. The number of hydrogen-bond donors (Lipinski definition) is 1. The first-order chi connectivity index (χ1) is 25.1. The minimum absolute atomic E-state index is 0.0219. The molecule has 0 unspecified atom stereocenters. The second-order valence-corrected chi connectivity index (χ2v) is 11.8. The molecule has 4 rings (SSSR count). The largest absolute Gasteiger partial charge is 0.465 e. The second kappa shape index (κ2) is 17.0. The number of alkyl halides is 3. The van der Waals surface area contributed by atoms with Crippen molar-refractivity contribution in [3.8, 4) is 11.1 Å². The molecule has 14 heteroatoms. The van der Waals surface area contributed by atoms with E-state index in [4.69, 9.17) is 14.2 Å². The Balaban J connectivity index is 1.64. The Labute approximate surface area is 302 Å². The topological polar surface area (TPSA) is 128 Å². The molecule has 53 heavy (non-hydrogen) atoms. The van der Waals surface area contributed by atoms with E-state index in [9.17, 15) is 37.1 Å². The normalized spacial score (nSPS) is 11.3. The summed E-state index contributed by atoms with van der Waals surface area (Å²) in [6.45, 7) is 2.02. The number of carbonyl (C=O) groups is 5. The molecule has 0 aromatic heterocycles. The van der Waals surface area contributed by atoms with Crippen LogP contribution >= 0.6 is 0 Å². The highest BCUT2D eigenvalue weighted by Gasteiger charge is 2.52. The molecule has 0 atom stereocenters. The molecule has 0 fully saturated rings. The Morgan fingerprint density at radius 2 is 1.30 bits per heavy atom. The van der Waals surface area contributed by atoms with Crippen molar-refractivity contribution in [3.05, 3.63) is 125 Å². The molecular formula is C39H36F4N2O8. The molecule has 0 aliphatic carbocycles. The number of nitrogens with zero attached hydrogens (tertiary/aromatic N) is 1. The van der Waals surface area contributed by atoms with Gasteiger partial charge in [0, 0.05) is 19.7 Å². The predicted octanol–water partition coefficient (Wildman–Crippen LogP) is 6.62. The lowest BCUT2D eigenvalue weighted by Crippen LogP contribution is -2.50. The van der Waals surface area contributed by atoms with Gasteiger partial charge in [-0.2, -0.15) is 13.2 Å². The van der Waals surface area contributed by atoms with Crippen molar-refractivity contribution in [2.75, 3.05) is 39.2 Å². The zero-order valence-corrected chi connectivity index (χ0v) is 29.2. The van der Waals surface area contributed by atoms with Crippen molar-refractivity contribution in [2.45, 2.75) is 31.9 Å². The van der Waals surface area contributed by atoms with Gasteiger partial charge in [-0.05, 0) is 66.4 Å². The molecule has 4 aromatic rings. The van der Waals surface area contributed by atoms with Gasteiger partial charge in [-0.25, -0.2) is 4.39 Å². The molecule has 0 heterocycles. The summed E-state index contributed by atoms with van der Waals surface area (Å²) in [5.74, 6) is -5.59. The zero-order valence-electron chi connectivity index (χ0n) is 29.2. The van der Waals surface area contributed by atoms with Gasteiger partial charge in [0.25, 0.3) is 11.8 Å². The summed E-state index contributed by atoms with van der Waals surface area (Å²) in [4.78, 5) is 67.7. The van der Waals surface area contributed by atoms with Gasteiger partial charge in [0.2, 0.25) is 5.41 Å². The Morgan fingerprint density at radius 1 is 0.717 bits per heavy atom. The summed E-state index contributed by atoms with van der Waals surface area (Å²) in [7, 11) is 2.83. The fourth-order valence-electron chi connectivity index (χ4n) is 5.38. The molecule has 0 saturated heterocycles. The van der Waals surface area contributed by atoms with Gasteiger partial charge in [-0.3, -0.25) is 24.0 Å². The lowest BCUT2D eigenvalue weighted by Gasteiger charge is -2.29. The fraction of sp³-hybridized carbons (Fsp3) is 0.256. The highest BCUT2D eigenvalue weighted by Crippen LogP contribution is 2.33. The Kier molecular flexibility index (Phi) is 12.7. The lowest BCUT2D eigenvalue weighted by atomic mass is 9.81. The maximum Gasteiger partial charge on any atom is 0.416 e. The molecule has 0 spiro atoms. The van der Waals surface area contributed by atoms with Gasteiger partial charge >= 0.3 is 24.1 Å². The van der Waals surface area contributed by atoms with Crippen molar-refractivity contribution < 1.29 is 55.7 Å². The number of amides is 2. The van der Waals surface area contributed by atoms with Crippen molar-refractivity contribution in [1.82, 2.24) is 4.90 Å². The number of ether oxygens (including phenoxy) is 3. The highest BCUT2D eigenvalue weighted by molar-refractivity contribution is 6.12. The van der Waals surface area contributed by atoms with Crippen LogP contribution < -0.4 is 5.32 Å². The van der Waals surface area contributed by atoms with E-state index in [0.29, 0.717) is 5.56 Å². The van der Waals surface area contributed by atoms with Crippen LogP contribution in [-0.4, -0.2) is 68.5 Å². The monoisotopic (exact) mass is 736 g/mol. The minimum atomic E-state index is -4.56. The van der Waals surface area contributed by atoms with Crippen molar-refractivity contribution in [2.24, 2.45) is 0 Å². The minimum Gasteiger partial charge on any atom is -0.465 e. The van der Waals surface area contributed by atoms with Gasteiger partial charge in [-0.15, -0.1) is 0 Å². The van der Waals surface area contributed by atoms with Crippen molar-refractivity contribution in [1.29, 1.82) is 0 Å². The maximum atomic E-state index is 15.7. The van der Waals surface area contributed by atoms with E-state index in [0.717, 1.165) is 29.2 Å². The van der Waals surface area contributed by atoms with E-state index in [2.05, 4.69) is 5.32 Å². The number of carbonyl (C=O) groups excluding carboxylic acids is 5. The number of benzene rings is 4. The predicted molar refractivity (Wildman–Crippen MR) is 185 cm³/mol. The van der Waals surface area contributed by atoms with E-state index < -0.39 is 65.7 Å². The molecule has 2 amide bonds. The third-order valence-corrected chi connectivity index (χ3v) is 8.07. The van der Waals surface area contributed by atoms with Crippen molar-refractivity contribution >= 4 is 35.4 Å². The molecule has 10 nitrogen and oxygen atoms in total. The zero-order chi connectivity index (χ0) is 38.9. The smallest absolute Gasteiger partial charge is 0.416 e. The Bertz CT molecular complexity index is 1960. The van der Waals surface area contributed by atoms with E-state index in [1.165, 1.54) is 70.4 Å². The van der Waals surface area contributed by atoms with Crippen LogP contribution in [0.3, 0.4) is 0 Å². The first-order valence-corrected chi connectivity index (χ1v) is 16.3. The summed E-state index contributed by atoms with van der Waals surface area (Å²) in [6.07, 6.45) is -5.31. The third-order valence-electron chi connectivity index (χ3n) is 8.07. The third kappa shape index (κ3) is 9.07. The Morgan fingerprint density at radius 3 is 1.87 bits per heavy atom. The van der Waals surface area contributed by atoms with E-state index in [-0.39, 0.29) is 46.7 Å². The van der Waals surface area contributed by atoms with E-state index in [1.807, 2.05) is 0 Å². The molecule has 0 radical (unpaired) electrons.